The number of carbonyl (C=O) groups excluding carboxylic acids is 2. The van der Waals surface area contributed by atoms with Gasteiger partial charge in [0.2, 0.25) is 5.91 Å². The molecule has 0 aliphatic carbocycles. The van der Waals surface area contributed by atoms with E-state index < -0.39 is 11.9 Å². The van der Waals surface area contributed by atoms with Crippen LogP contribution in [0, 0.1) is 0 Å². The smallest absolute Gasteiger partial charge is 0.287 e. The average molecular weight is 470 g/mol. The molecule has 0 saturated heterocycles. The van der Waals surface area contributed by atoms with Gasteiger partial charge in [0.25, 0.3) is 5.91 Å². The van der Waals surface area contributed by atoms with Crippen molar-refractivity contribution >= 4 is 11.8 Å². The zero-order chi connectivity index (χ0) is 24.5. The van der Waals surface area contributed by atoms with Gasteiger partial charge in [0.15, 0.2) is 5.76 Å². The van der Waals surface area contributed by atoms with Gasteiger partial charge in [-0.15, -0.1) is 0 Å². The highest BCUT2D eigenvalue weighted by atomic mass is 16.5. The zero-order valence-corrected chi connectivity index (χ0v) is 19.4. The molecule has 0 aliphatic rings. The van der Waals surface area contributed by atoms with E-state index in [2.05, 4.69) is 15.6 Å². The molecule has 2 heterocycles. The largest absolute Gasteiger partial charge is 0.489 e. The maximum atomic E-state index is 13.2. The van der Waals surface area contributed by atoms with E-state index in [1.165, 1.54) is 6.26 Å². The number of amides is 2. The Bertz CT molecular complexity index is 1210. The molecule has 2 amide bonds. The Balaban J connectivity index is 1.39. The molecular formula is C28H27N3O4. The summed E-state index contributed by atoms with van der Waals surface area (Å²) in [6, 6.07) is 23.1. The topological polar surface area (TPSA) is 93.5 Å². The van der Waals surface area contributed by atoms with Crippen molar-refractivity contribution in [2.75, 3.05) is 0 Å². The zero-order valence-electron chi connectivity index (χ0n) is 19.4. The van der Waals surface area contributed by atoms with Crippen LogP contribution in [0.2, 0.25) is 0 Å². The van der Waals surface area contributed by atoms with Crippen LogP contribution >= 0.6 is 0 Å². The predicted octanol–water partition coefficient (Wildman–Crippen LogP) is 4.47. The van der Waals surface area contributed by atoms with E-state index in [-0.39, 0.29) is 17.7 Å². The van der Waals surface area contributed by atoms with Gasteiger partial charge in [-0.25, -0.2) is 0 Å². The van der Waals surface area contributed by atoms with Gasteiger partial charge in [0.05, 0.1) is 12.3 Å². The normalized spacial score (nSPS) is 12.4. The maximum Gasteiger partial charge on any atom is 0.287 e. The minimum Gasteiger partial charge on any atom is -0.489 e. The van der Waals surface area contributed by atoms with Crippen molar-refractivity contribution < 1.29 is 18.7 Å². The first kappa shape index (κ1) is 23.8. The molecule has 4 aromatic rings. The Morgan fingerprint density at radius 2 is 1.69 bits per heavy atom. The fourth-order valence-corrected chi connectivity index (χ4v) is 3.60. The number of nitrogens with zero attached hydrogens (tertiary/aromatic N) is 1. The lowest BCUT2D eigenvalue weighted by Gasteiger charge is -2.22. The highest BCUT2D eigenvalue weighted by molar-refractivity contribution is 5.95. The molecule has 4 rings (SSSR count). The third kappa shape index (κ3) is 6.80. The van der Waals surface area contributed by atoms with Crippen molar-refractivity contribution in [2.24, 2.45) is 0 Å². The molecule has 0 fully saturated rings. The number of hydrogen-bond acceptors (Lipinski definition) is 5. The summed E-state index contributed by atoms with van der Waals surface area (Å²) in [6.07, 6.45) is 5.27. The molecule has 0 spiro atoms. The highest BCUT2D eigenvalue weighted by Crippen LogP contribution is 2.19. The second-order valence-electron chi connectivity index (χ2n) is 8.14. The standard InChI is InChI=1S/C28H27N3O4/c1-20(23-11-13-24(14-12-23)35-19-22-9-5-15-29-18-22)30-27(32)25(17-21-7-3-2-4-8-21)31-28(33)26-10-6-16-34-26/h2-16,18,20,25H,17,19H2,1H3,(H,30,32)(H,31,33). The van der Waals surface area contributed by atoms with Gasteiger partial charge >= 0.3 is 0 Å². The van der Waals surface area contributed by atoms with Crippen molar-refractivity contribution in [1.29, 1.82) is 0 Å². The Morgan fingerprint density at radius 1 is 0.914 bits per heavy atom. The van der Waals surface area contributed by atoms with Crippen LogP contribution in [0.5, 0.6) is 5.75 Å². The lowest BCUT2D eigenvalue weighted by Crippen LogP contribution is -2.48. The molecule has 0 radical (unpaired) electrons. The monoisotopic (exact) mass is 469 g/mol. The first-order chi connectivity index (χ1) is 17.1. The van der Waals surface area contributed by atoms with E-state index in [9.17, 15) is 9.59 Å². The van der Waals surface area contributed by atoms with Crippen molar-refractivity contribution in [3.05, 3.63) is 120 Å². The van der Waals surface area contributed by atoms with E-state index in [0.717, 1.165) is 22.4 Å². The number of rotatable bonds is 10. The van der Waals surface area contributed by atoms with Crippen molar-refractivity contribution in [1.82, 2.24) is 15.6 Å². The van der Waals surface area contributed by atoms with E-state index in [4.69, 9.17) is 9.15 Å². The second kappa shape index (κ2) is 11.7. The minimum atomic E-state index is -0.764. The number of nitrogens with one attached hydrogen (secondary N) is 2. The lowest BCUT2D eigenvalue weighted by molar-refractivity contribution is -0.123. The van der Waals surface area contributed by atoms with Crippen LogP contribution < -0.4 is 15.4 Å². The number of pyridine rings is 1. The molecule has 2 atom stereocenters. The highest BCUT2D eigenvalue weighted by Gasteiger charge is 2.24. The number of ether oxygens (including phenoxy) is 1. The average Bonchev–Trinajstić information content (AvgIpc) is 3.44. The molecule has 2 N–H and O–H groups in total. The van der Waals surface area contributed by atoms with Crippen LogP contribution in [0.15, 0.2) is 102 Å². The summed E-state index contributed by atoms with van der Waals surface area (Å²) in [4.78, 5) is 29.8. The van der Waals surface area contributed by atoms with Gasteiger partial charge in [-0.3, -0.25) is 14.6 Å². The molecule has 2 aromatic heterocycles. The maximum absolute atomic E-state index is 13.2. The third-order valence-electron chi connectivity index (χ3n) is 5.52. The summed E-state index contributed by atoms with van der Waals surface area (Å²) >= 11 is 0. The van der Waals surface area contributed by atoms with Crippen LogP contribution in [0.4, 0.5) is 0 Å². The Kier molecular flexibility index (Phi) is 7.91. The van der Waals surface area contributed by atoms with Gasteiger partial charge in [-0.1, -0.05) is 48.5 Å². The Hall–Kier alpha value is -4.39. The number of carbonyl (C=O) groups is 2. The van der Waals surface area contributed by atoms with E-state index in [1.54, 1.807) is 24.5 Å². The van der Waals surface area contributed by atoms with Gasteiger partial charge < -0.3 is 19.8 Å². The van der Waals surface area contributed by atoms with Gasteiger partial charge in [0, 0.05) is 24.4 Å². The molecule has 0 aliphatic heterocycles. The fourth-order valence-electron chi connectivity index (χ4n) is 3.60. The van der Waals surface area contributed by atoms with E-state index in [1.807, 2.05) is 73.7 Å². The van der Waals surface area contributed by atoms with E-state index >= 15 is 0 Å². The lowest BCUT2D eigenvalue weighted by atomic mass is 10.0. The van der Waals surface area contributed by atoms with Gasteiger partial charge in [-0.05, 0) is 48.4 Å². The van der Waals surface area contributed by atoms with Crippen LogP contribution in [0.3, 0.4) is 0 Å². The summed E-state index contributed by atoms with van der Waals surface area (Å²) in [5, 5.41) is 5.81. The first-order valence-electron chi connectivity index (χ1n) is 11.4. The second-order valence-corrected chi connectivity index (χ2v) is 8.14. The first-order valence-corrected chi connectivity index (χ1v) is 11.4. The Morgan fingerprint density at radius 3 is 2.37 bits per heavy atom. The third-order valence-corrected chi connectivity index (χ3v) is 5.52. The summed E-state index contributed by atoms with van der Waals surface area (Å²) in [6.45, 7) is 2.33. The number of hydrogen-bond donors (Lipinski definition) is 2. The summed E-state index contributed by atoms with van der Waals surface area (Å²) < 4.78 is 11.0. The summed E-state index contributed by atoms with van der Waals surface area (Å²) in [7, 11) is 0. The van der Waals surface area contributed by atoms with Crippen molar-refractivity contribution in [3.63, 3.8) is 0 Å². The van der Waals surface area contributed by atoms with Crippen LogP contribution in [0.1, 0.15) is 40.2 Å². The SMILES string of the molecule is CC(NC(=O)C(Cc1ccccc1)NC(=O)c1ccco1)c1ccc(OCc2cccnc2)cc1. The van der Waals surface area contributed by atoms with E-state index in [0.29, 0.717) is 13.0 Å². The molecule has 2 aromatic carbocycles. The molecular weight excluding hydrogens is 442 g/mol. The summed E-state index contributed by atoms with van der Waals surface area (Å²) in [5.74, 6) is 0.168. The molecule has 35 heavy (non-hydrogen) atoms. The fraction of sp³-hybridized carbons (Fsp3) is 0.179. The van der Waals surface area contributed by atoms with Crippen molar-refractivity contribution in [3.8, 4) is 5.75 Å². The molecule has 7 heteroatoms. The van der Waals surface area contributed by atoms with Crippen LogP contribution in [-0.2, 0) is 17.8 Å². The summed E-state index contributed by atoms with van der Waals surface area (Å²) in [5.41, 5.74) is 2.84. The number of furan rings is 1. The number of aromatic nitrogens is 1. The molecule has 178 valence electrons. The molecule has 7 nitrogen and oxygen atoms in total. The Labute approximate surface area is 204 Å². The quantitative estimate of drug-likeness (QED) is 0.357. The van der Waals surface area contributed by atoms with Gasteiger partial charge in [-0.2, -0.15) is 0 Å². The predicted molar refractivity (Wildman–Crippen MR) is 132 cm³/mol. The van der Waals surface area contributed by atoms with Gasteiger partial charge in [0.1, 0.15) is 18.4 Å². The van der Waals surface area contributed by atoms with Crippen LogP contribution in [-0.4, -0.2) is 22.8 Å². The van der Waals surface area contributed by atoms with Crippen molar-refractivity contribution in [2.45, 2.75) is 32.0 Å². The number of benzene rings is 2. The molecule has 0 bridgehead atoms. The molecule has 0 saturated carbocycles. The van der Waals surface area contributed by atoms with Crippen LogP contribution in [0.25, 0.3) is 0 Å². The molecule has 2 unspecified atom stereocenters. The minimum absolute atomic E-state index is 0.158.